The van der Waals surface area contributed by atoms with Gasteiger partial charge in [0.2, 0.25) is 0 Å². The van der Waals surface area contributed by atoms with E-state index >= 15 is 0 Å². The lowest BCUT2D eigenvalue weighted by atomic mass is 10.1. The molecule has 1 aromatic heterocycles. The average Bonchev–Trinajstić information content (AvgIpc) is 3.08. The summed E-state index contributed by atoms with van der Waals surface area (Å²) in [5, 5.41) is 14.6. The number of aromatic carboxylic acids is 1. The van der Waals surface area contributed by atoms with Crippen LogP contribution in [-0.2, 0) is 19.6 Å². The van der Waals surface area contributed by atoms with Crippen molar-refractivity contribution in [2.75, 3.05) is 7.11 Å². The van der Waals surface area contributed by atoms with E-state index in [1.54, 1.807) is 17.7 Å². The lowest BCUT2D eigenvalue weighted by molar-refractivity contribution is 0.0684. The topological polar surface area (TPSA) is 63.5 Å². The number of aromatic nitrogens is 1. The number of nitrogens with one attached hydrogen (secondary N) is 1. The van der Waals surface area contributed by atoms with Crippen molar-refractivity contribution < 1.29 is 19.0 Å². The molecular weight excluding hydrogens is 443 g/mol. The molecule has 0 amide bonds. The lowest BCUT2D eigenvalue weighted by Crippen LogP contribution is -2.17. The maximum absolute atomic E-state index is 13.5. The van der Waals surface area contributed by atoms with Gasteiger partial charge in [-0.05, 0) is 53.9 Å². The molecule has 0 spiro atoms. The largest absolute Gasteiger partial charge is 0.497 e. The molecule has 0 aliphatic heterocycles. The fraction of sp³-hybridized carbons (Fsp3) is 0.192. The zero-order valence-electron chi connectivity index (χ0n) is 18.4. The number of ether oxygens (including phenoxy) is 1. The Labute approximate surface area is 196 Å². The van der Waals surface area contributed by atoms with Crippen LogP contribution in [0.2, 0.25) is 5.02 Å². The van der Waals surface area contributed by atoms with Crippen molar-refractivity contribution >= 4 is 28.5 Å². The molecule has 170 valence electrons. The Morgan fingerprint density at radius 1 is 1.09 bits per heavy atom. The fourth-order valence-corrected chi connectivity index (χ4v) is 4.24. The van der Waals surface area contributed by atoms with Crippen LogP contribution in [0.5, 0.6) is 5.75 Å². The first-order valence-corrected chi connectivity index (χ1v) is 10.9. The summed E-state index contributed by atoms with van der Waals surface area (Å²) in [5.41, 5.74) is 4.42. The molecule has 0 saturated heterocycles. The van der Waals surface area contributed by atoms with E-state index in [0.717, 1.165) is 27.8 Å². The Kier molecular flexibility index (Phi) is 6.67. The number of carboxylic acids is 1. The van der Waals surface area contributed by atoms with Gasteiger partial charge in [0, 0.05) is 41.1 Å². The molecule has 0 aliphatic carbocycles. The van der Waals surface area contributed by atoms with Crippen LogP contribution in [0, 0.1) is 12.7 Å². The number of fused-ring (bicyclic) bond motifs is 1. The Morgan fingerprint density at radius 2 is 1.85 bits per heavy atom. The summed E-state index contributed by atoms with van der Waals surface area (Å²) in [5.74, 6) is -0.674. The maximum Gasteiger partial charge on any atom is 0.352 e. The van der Waals surface area contributed by atoms with Crippen molar-refractivity contribution in [3.8, 4) is 5.75 Å². The minimum absolute atomic E-state index is 0.193. The molecule has 0 aliphatic rings. The SMILES string of the molecule is COc1ccc(CNCc2c(C(=O)O)n(Cc3ccc(F)cc3Cl)c3cc(C)ccc23)cc1. The van der Waals surface area contributed by atoms with Crippen molar-refractivity contribution in [2.45, 2.75) is 26.6 Å². The number of hydrogen-bond acceptors (Lipinski definition) is 3. The van der Waals surface area contributed by atoms with E-state index in [0.29, 0.717) is 24.2 Å². The molecule has 0 saturated carbocycles. The highest BCUT2D eigenvalue weighted by Gasteiger charge is 2.23. The summed E-state index contributed by atoms with van der Waals surface area (Å²) in [4.78, 5) is 12.4. The lowest BCUT2D eigenvalue weighted by Gasteiger charge is -2.11. The van der Waals surface area contributed by atoms with Crippen LogP contribution in [0.25, 0.3) is 10.9 Å². The average molecular weight is 467 g/mol. The Balaban J connectivity index is 1.70. The van der Waals surface area contributed by atoms with Crippen molar-refractivity contribution in [1.29, 1.82) is 0 Å². The third-order valence-corrected chi connectivity index (χ3v) is 6.01. The van der Waals surface area contributed by atoms with E-state index < -0.39 is 11.8 Å². The Hall–Kier alpha value is -3.35. The normalized spacial score (nSPS) is 11.2. The van der Waals surface area contributed by atoms with Crippen LogP contribution >= 0.6 is 11.6 Å². The second-order valence-corrected chi connectivity index (χ2v) is 8.33. The number of methoxy groups -OCH3 is 1. The van der Waals surface area contributed by atoms with Crippen molar-refractivity contribution in [2.24, 2.45) is 0 Å². The molecule has 4 aromatic rings. The van der Waals surface area contributed by atoms with Gasteiger partial charge in [-0.1, -0.05) is 41.9 Å². The van der Waals surface area contributed by atoms with Crippen LogP contribution < -0.4 is 10.1 Å². The molecule has 2 N–H and O–H groups in total. The van der Waals surface area contributed by atoms with Crippen LogP contribution in [0.15, 0.2) is 60.7 Å². The van der Waals surface area contributed by atoms with Gasteiger partial charge in [-0.15, -0.1) is 0 Å². The highest BCUT2D eigenvalue weighted by atomic mass is 35.5. The summed E-state index contributed by atoms with van der Waals surface area (Å²) in [6.07, 6.45) is 0. The summed E-state index contributed by atoms with van der Waals surface area (Å²) in [6.45, 7) is 3.13. The van der Waals surface area contributed by atoms with Crippen molar-refractivity contribution in [3.05, 3.63) is 99.5 Å². The summed E-state index contributed by atoms with van der Waals surface area (Å²) in [6, 6.07) is 17.8. The highest BCUT2D eigenvalue weighted by molar-refractivity contribution is 6.31. The van der Waals surface area contributed by atoms with E-state index in [-0.39, 0.29) is 17.3 Å². The first-order chi connectivity index (χ1) is 15.9. The van der Waals surface area contributed by atoms with E-state index in [2.05, 4.69) is 5.32 Å². The monoisotopic (exact) mass is 466 g/mol. The summed E-state index contributed by atoms with van der Waals surface area (Å²) >= 11 is 6.25. The van der Waals surface area contributed by atoms with Gasteiger partial charge < -0.3 is 19.7 Å². The van der Waals surface area contributed by atoms with Gasteiger partial charge in [0.15, 0.2) is 0 Å². The number of carboxylic acid groups (broad SMARTS) is 1. The summed E-state index contributed by atoms with van der Waals surface area (Å²) in [7, 11) is 1.62. The third-order valence-electron chi connectivity index (χ3n) is 5.66. The number of rotatable bonds is 8. The third kappa shape index (κ3) is 4.87. The summed E-state index contributed by atoms with van der Waals surface area (Å²) < 4.78 is 20.5. The maximum atomic E-state index is 13.5. The van der Waals surface area contributed by atoms with Gasteiger partial charge in [-0.25, -0.2) is 9.18 Å². The molecule has 0 unspecified atom stereocenters. The smallest absolute Gasteiger partial charge is 0.352 e. The quantitative estimate of drug-likeness (QED) is 0.345. The van der Waals surface area contributed by atoms with Gasteiger partial charge >= 0.3 is 5.97 Å². The predicted molar refractivity (Wildman–Crippen MR) is 128 cm³/mol. The predicted octanol–water partition coefficient (Wildman–Crippen LogP) is 5.79. The minimum atomic E-state index is -1.02. The molecule has 0 bridgehead atoms. The Bertz CT molecular complexity index is 1320. The van der Waals surface area contributed by atoms with E-state index in [9.17, 15) is 14.3 Å². The molecule has 3 aromatic carbocycles. The molecule has 7 heteroatoms. The number of carbonyl (C=O) groups is 1. The standard InChI is InChI=1S/C26H24ClFN2O3/c1-16-3-10-21-22(14-29-13-17-4-8-20(33-2)9-5-17)25(26(31)32)30(24(21)11-16)15-18-6-7-19(28)12-23(18)27/h3-12,29H,13-15H2,1-2H3,(H,31,32). The van der Waals surface area contributed by atoms with E-state index in [1.165, 1.54) is 12.1 Å². The van der Waals surface area contributed by atoms with Crippen molar-refractivity contribution in [1.82, 2.24) is 9.88 Å². The van der Waals surface area contributed by atoms with Crippen molar-refractivity contribution in [3.63, 3.8) is 0 Å². The second-order valence-electron chi connectivity index (χ2n) is 7.93. The van der Waals surface area contributed by atoms with Gasteiger partial charge in [0.25, 0.3) is 0 Å². The number of aryl methyl sites for hydroxylation is 1. The van der Waals surface area contributed by atoms with E-state index in [1.807, 2.05) is 49.4 Å². The second kappa shape index (κ2) is 9.65. The fourth-order valence-electron chi connectivity index (χ4n) is 4.01. The molecule has 5 nitrogen and oxygen atoms in total. The Morgan fingerprint density at radius 3 is 2.52 bits per heavy atom. The zero-order chi connectivity index (χ0) is 23.5. The molecule has 0 fully saturated rings. The van der Waals surface area contributed by atoms with Crippen LogP contribution in [0.3, 0.4) is 0 Å². The van der Waals surface area contributed by atoms with Crippen LogP contribution in [0.1, 0.15) is 32.7 Å². The number of nitrogens with zero attached hydrogens (tertiary/aromatic N) is 1. The zero-order valence-corrected chi connectivity index (χ0v) is 19.1. The molecule has 33 heavy (non-hydrogen) atoms. The molecular formula is C26H24ClFN2O3. The molecule has 1 heterocycles. The number of benzene rings is 3. The molecule has 4 rings (SSSR count). The molecule has 0 radical (unpaired) electrons. The van der Waals surface area contributed by atoms with Gasteiger partial charge in [0.05, 0.1) is 7.11 Å². The van der Waals surface area contributed by atoms with Gasteiger partial charge in [-0.2, -0.15) is 0 Å². The number of halogens is 2. The first kappa shape index (κ1) is 22.8. The first-order valence-electron chi connectivity index (χ1n) is 10.5. The van der Waals surface area contributed by atoms with Crippen LogP contribution in [0.4, 0.5) is 4.39 Å². The number of hydrogen-bond donors (Lipinski definition) is 2. The van der Waals surface area contributed by atoms with Gasteiger partial charge in [0.1, 0.15) is 17.3 Å². The highest BCUT2D eigenvalue weighted by Crippen LogP contribution is 2.30. The van der Waals surface area contributed by atoms with Crippen LogP contribution in [-0.4, -0.2) is 22.8 Å². The molecule has 0 atom stereocenters. The minimum Gasteiger partial charge on any atom is -0.497 e. The van der Waals surface area contributed by atoms with Gasteiger partial charge in [-0.3, -0.25) is 0 Å². The van der Waals surface area contributed by atoms with E-state index in [4.69, 9.17) is 16.3 Å².